The minimum atomic E-state index is -0.427. The van der Waals surface area contributed by atoms with Crippen LogP contribution < -0.4 is 10.6 Å². The van der Waals surface area contributed by atoms with E-state index in [2.05, 4.69) is 15.5 Å². The Labute approximate surface area is 190 Å². The van der Waals surface area contributed by atoms with E-state index in [-0.39, 0.29) is 24.8 Å². The molecule has 0 atom stereocenters. The van der Waals surface area contributed by atoms with E-state index in [1.165, 1.54) is 12.1 Å². The third-order valence-corrected chi connectivity index (χ3v) is 5.98. The van der Waals surface area contributed by atoms with Crippen LogP contribution in [0.3, 0.4) is 0 Å². The second-order valence-electron chi connectivity index (χ2n) is 7.92. The first-order chi connectivity index (χ1) is 15.4. The summed E-state index contributed by atoms with van der Waals surface area (Å²) in [6.07, 6.45) is 1.80. The molecule has 168 valence electrons. The molecule has 4 rings (SSSR count). The van der Waals surface area contributed by atoms with E-state index in [4.69, 9.17) is 11.6 Å². The standard InChI is InChI=1S/C23H25ClFN5O2/c1-28-8-10-29(11-9-28)22(31)15-30-14-16(18-12-17(25)6-7-21(18)30)13-26-23(32)27-20-5-3-2-4-19(20)24/h2-7,12,14H,8-11,13,15H2,1H3,(H2,26,27,32). The number of para-hydroxylation sites is 1. The van der Waals surface area contributed by atoms with Gasteiger partial charge in [0.05, 0.1) is 10.7 Å². The average Bonchev–Trinajstić information content (AvgIpc) is 3.10. The van der Waals surface area contributed by atoms with Gasteiger partial charge in [-0.25, -0.2) is 9.18 Å². The number of carbonyl (C=O) groups excluding carboxylic acids is 2. The quantitative estimate of drug-likeness (QED) is 0.615. The van der Waals surface area contributed by atoms with Crippen molar-refractivity contribution >= 4 is 40.1 Å². The number of amides is 3. The number of rotatable bonds is 5. The molecule has 32 heavy (non-hydrogen) atoms. The van der Waals surface area contributed by atoms with Crippen molar-refractivity contribution in [3.05, 3.63) is 65.1 Å². The smallest absolute Gasteiger partial charge is 0.319 e. The van der Waals surface area contributed by atoms with Gasteiger partial charge in [0.15, 0.2) is 0 Å². The van der Waals surface area contributed by atoms with E-state index in [1.54, 1.807) is 36.5 Å². The fourth-order valence-electron chi connectivity index (χ4n) is 3.82. The fraction of sp³-hybridized carbons (Fsp3) is 0.304. The summed E-state index contributed by atoms with van der Waals surface area (Å²) in [4.78, 5) is 29.2. The van der Waals surface area contributed by atoms with Gasteiger partial charge in [-0.1, -0.05) is 23.7 Å². The molecule has 1 aliphatic heterocycles. The molecular formula is C23H25ClFN5O2. The Morgan fingerprint density at radius 2 is 1.84 bits per heavy atom. The number of nitrogens with one attached hydrogen (secondary N) is 2. The highest BCUT2D eigenvalue weighted by atomic mass is 35.5. The van der Waals surface area contributed by atoms with Crippen LogP contribution in [0, 0.1) is 5.82 Å². The molecule has 1 aromatic heterocycles. The Bertz CT molecular complexity index is 1140. The molecule has 3 aromatic rings. The molecule has 2 aromatic carbocycles. The average molecular weight is 458 g/mol. The Hall–Kier alpha value is -3.10. The number of likely N-dealkylation sites (N-methyl/N-ethyl adjacent to an activating group) is 1. The molecule has 0 unspecified atom stereocenters. The number of fused-ring (bicyclic) bond motifs is 1. The zero-order valence-corrected chi connectivity index (χ0v) is 18.5. The minimum absolute atomic E-state index is 0.0234. The van der Waals surface area contributed by atoms with Crippen molar-refractivity contribution in [2.24, 2.45) is 0 Å². The lowest BCUT2D eigenvalue weighted by Crippen LogP contribution is -2.48. The van der Waals surface area contributed by atoms with Crippen molar-refractivity contribution < 1.29 is 14.0 Å². The minimum Gasteiger partial charge on any atom is -0.339 e. The summed E-state index contributed by atoms with van der Waals surface area (Å²) in [6, 6.07) is 11.0. The second-order valence-corrected chi connectivity index (χ2v) is 8.32. The van der Waals surface area contributed by atoms with Gasteiger partial charge in [0.1, 0.15) is 12.4 Å². The maximum absolute atomic E-state index is 13.9. The summed E-state index contributed by atoms with van der Waals surface area (Å²) in [5.74, 6) is -0.349. The maximum atomic E-state index is 13.9. The van der Waals surface area contributed by atoms with Crippen LogP contribution in [-0.2, 0) is 17.9 Å². The number of anilines is 1. The van der Waals surface area contributed by atoms with Gasteiger partial charge in [0, 0.05) is 49.8 Å². The molecule has 0 radical (unpaired) electrons. The van der Waals surface area contributed by atoms with Gasteiger partial charge in [-0.2, -0.15) is 0 Å². The zero-order chi connectivity index (χ0) is 22.7. The molecule has 2 N–H and O–H groups in total. The Balaban J connectivity index is 1.48. The zero-order valence-electron chi connectivity index (χ0n) is 17.8. The number of piperazine rings is 1. The van der Waals surface area contributed by atoms with Gasteiger partial charge in [-0.05, 0) is 42.9 Å². The molecule has 0 spiro atoms. The Morgan fingerprint density at radius 1 is 1.09 bits per heavy atom. The molecule has 7 nitrogen and oxygen atoms in total. The number of benzene rings is 2. The number of nitrogens with zero attached hydrogens (tertiary/aromatic N) is 3. The SMILES string of the molecule is CN1CCN(C(=O)Cn2cc(CNC(=O)Nc3ccccc3Cl)c3cc(F)ccc32)CC1. The fourth-order valence-corrected chi connectivity index (χ4v) is 4.00. The van der Waals surface area contributed by atoms with Crippen LogP contribution >= 0.6 is 11.6 Å². The summed E-state index contributed by atoms with van der Waals surface area (Å²) in [5.41, 5.74) is 1.97. The molecule has 1 fully saturated rings. The third kappa shape index (κ3) is 5.03. The van der Waals surface area contributed by atoms with Gasteiger partial charge in [0.2, 0.25) is 5.91 Å². The highest BCUT2D eigenvalue weighted by molar-refractivity contribution is 6.33. The molecule has 2 heterocycles. The lowest BCUT2D eigenvalue weighted by molar-refractivity contribution is -0.133. The number of aromatic nitrogens is 1. The van der Waals surface area contributed by atoms with Gasteiger partial charge >= 0.3 is 6.03 Å². The van der Waals surface area contributed by atoms with Crippen LogP contribution in [0.5, 0.6) is 0 Å². The maximum Gasteiger partial charge on any atom is 0.319 e. The molecule has 1 aliphatic rings. The predicted molar refractivity (Wildman–Crippen MR) is 123 cm³/mol. The molecule has 9 heteroatoms. The van der Waals surface area contributed by atoms with E-state index < -0.39 is 6.03 Å². The summed E-state index contributed by atoms with van der Waals surface area (Å²) >= 11 is 6.08. The second kappa shape index (κ2) is 9.58. The lowest BCUT2D eigenvalue weighted by atomic mass is 10.1. The highest BCUT2D eigenvalue weighted by Gasteiger charge is 2.20. The monoisotopic (exact) mass is 457 g/mol. The molecule has 1 saturated heterocycles. The van der Waals surface area contributed by atoms with Crippen molar-refractivity contribution in [2.75, 3.05) is 38.5 Å². The van der Waals surface area contributed by atoms with E-state index in [1.807, 2.05) is 16.5 Å². The largest absolute Gasteiger partial charge is 0.339 e. The Morgan fingerprint density at radius 3 is 2.59 bits per heavy atom. The van der Waals surface area contributed by atoms with E-state index in [0.717, 1.165) is 24.2 Å². The van der Waals surface area contributed by atoms with Crippen LogP contribution in [0.15, 0.2) is 48.7 Å². The van der Waals surface area contributed by atoms with Crippen molar-refractivity contribution in [1.82, 2.24) is 19.7 Å². The van der Waals surface area contributed by atoms with Crippen molar-refractivity contribution in [2.45, 2.75) is 13.1 Å². The molecule has 0 bridgehead atoms. The van der Waals surface area contributed by atoms with Crippen LogP contribution in [-0.4, -0.2) is 59.5 Å². The highest BCUT2D eigenvalue weighted by Crippen LogP contribution is 2.24. The van der Waals surface area contributed by atoms with Crippen LogP contribution in [0.4, 0.5) is 14.9 Å². The molecule has 0 saturated carbocycles. The number of halogens is 2. The molecular weight excluding hydrogens is 433 g/mol. The topological polar surface area (TPSA) is 69.6 Å². The van der Waals surface area contributed by atoms with Gasteiger partial charge < -0.3 is 25.0 Å². The first kappa shape index (κ1) is 22.1. The molecule has 0 aliphatic carbocycles. The lowest BCUT2D eigenvalue weighted by Gasteiger charge is -2.32. The summed E-state index contributed by atoms with van der Waals surface area (Å²) in [7, 11) is 2.04. The summed E-state index contributed by atoms with van der Waals surface area (Å²) < 4.78 is 15.8. The number of hydrogen-bond donors (Lipinski definition) is 2. The first-order valence-corrected chi connectivity index (χ1v) is 10.8. The number of carbonyl (C=O) groups is 2. The van der Waals surface area contributed by atoms with Gasteiger partial charge in [0.25, 0.3) is 0 Å². The number of hydrogen-bond acceptors (Lipinski definition) is 3. The molecule has 3 amide bonds. The van der Waals surface area contributed by atoms with E-state index >= 15 is 0 Å². The van der Waals surface area contributed by atoms with Crippen molar-refractivity contribution in [3.8, 4) is 0 Å². The normalized spacial score (nSPS) is 14.5. The van der Waals surface area contributed by atoms with Gasteiger partial charge in [-0.3, -0.25) is 4.79 Å². The van der Waals surface area contributed by atoms with Crippen molar-refractivity contribution in [1.29, 1.82) is 0 Å². The van der Waals surface area contributed by atoms with Crippen LogP contribution in [0.25, 0.3) is 10.9 Å². The third-order valence-electron chi connectivity index (χ3n) is 5.65. The predicted octanol–water partition coefficient (Wildman–Crippen LogP) is 3.53. The van der Waals surface area contributed by atoms with Crippen LogP contribution in [0.1, 0.15) is 5.56 Å². The Kier molecular flexibility index (Phi) is 6.62. The summed E-state index contributed by atoms with van der Waals surface area (Å²) in [6.45, 7) is 3.42. The van der Waals surface area contributed by atoms with Gasteiger partial charge in [-0.15, -0.1) is 0 Å². The number of urea groups is 1. The van der Waals surface area contributed by atoms with Crippen LogP contribution in [0.2, 0.25) is 5.02 Å². The first-order valence-electron chi connectivity index (χ1n) is 10.4. The van der Waals surface area contributed by atoms with Crippen molar-refractivity contribution in [3.63, 3.8) is 0 Å². The van der Waals surface area contributed by atoms with E-state index in [0.29, 0.717) is 29.2 Å². The summed E-state index contributed by atoms with van der Waals surface area (Å²) in [5, 5.41) is 6.57. The van der Waals surface area contributed by atoms with E-state index in [9.17, 15) is 14.0 Å².